The van der Waals surface area contributed by atoms with E-state index in [9.17, 15) is 0 Å². The molecule has 3 rings (SSSR count). The Balaban J connectivity index is 1.73. The molecule has 0 bridgehead atoms. The highest BCUT2D eigenvalue weighted by Crippen LogP contribution is 2.44. The molecule has 1 N–H and O–H groups in total. The van der Waals surface area contributed by atoms with E-state index in [4.69, 9.17) is 4.42 Å². The minimum absolute atomic E-state index is 0.478. The van der Waals surface area contributed by atoms with Gasteiger partial charge in [0.25, 0.3) is 0 Å². The van der Waals surface area contributed by atoms with Crippen molar-refractivity contribution in [2.45, 2.75) is 25.3 Å². The maximum atomic E-state index is 5.59. The second-order valence-corrected chi connectivity index (χ2v) is 5.16. The highest BCUT2D eigenvalue weighted by Gasteiger charge is 2.41. The van der Waals surface area contributed by atoms with Crippen LogP contribution < -0.4 is 5.32 Å². The first-order chi connectivity index (χ1) is 6.84. The molecule has 1 aliphatic heterocycles. The fourth-order valence-electron chi connectivity index (χ4n) is 2.49. The maximum Gasteiger partial charge on any atom is 0.169 e. The highest BCUT2D eigenvalue weighted by atomic mass is 79.9. The van der Waals surface area contributed by atoms with Gasteiger partial charge in [-0.05, 0) is 39.9 Å². The lowest BCUT2D eigenvalue weighted by Gasteiger charge is -2.45. The predicted molar refractivity (Wildman–Crippen MR) is 58.0 cm³/mol. The highest BCUT2D eigenvalue weighted by molar-refractivity contribution is 9.10. The van der Waals surface area contributed by atoms with Gasteiger partial charge in [-0.25, -0.2) is 0 Å². The van der Waals surface area contributed by atoms with E-state index < -0.39 is 0 Å². The molecule has 3 heteroatoms. The summed E-state index contributed by atoms with van der Waals surface area (Å²) in [5, 5.41) is 3.46. The fraction of sp³-hybridized carbons (Fsp3) is 0.636. The fourth-order valence-corrected chi connectivity index (χ4v) is 2.80. The van der Waals surface area contributed by atoms with E-state index in [2.05, 4.69) is 27.3 Å². The zero-order chi connectivity index (χ0) is 9.54. The van der Waals surface area contributed by atoms with Crippen LogP contribution in [0.4, 0.5) is 0 Å². The molecule has 2 aliphatic rings. The van der Waals surface area contributed by atoms with Gasteiger partial charge in [-0.3, -0.25) is 0 Å². The second kappa shape index (κ2) is 3.38. The Kier molecular flexibility index (Phi) is 2.17. The van der Waals surface area contributed by atoms with Gasteiger partial charge in [0.1, 0.15) is 5.76 Å². The summed E-state index contributed by atoms with van der Waals surface area (Å²) in [6.07, 6.45) is 4.27. The van der Waals surface area contributed by atoms with Crippen molar-refractivity contribution in [2.24, 2.45) is 11.8 Å². The third-order valence-electron chi connectivity index (χ3n) is 3.66. The largest absolute Gasteiger partial charge is 0.453 e. The number of nitrogens with one attached hydrogen (secondary N) is 1. The molecule has 76 valence electrons. The van der Waals surface area contributed by atoms with Crippen LogP contribution in [-0.2, 0) is 0 Å². The SMILES string of the molecule is Brc1ccc(C2NCC2C2CCC2)o1. The van der Waals surface area contributed by atoms with Gasteiger partial charge < -0.3 is 9.73 Å². The lowest BCUT2D eigenvalue weighted by Crippen LogP contribution is -2.50. The average molecular weight is 256 g/mol. The van der Waals surface area contributed by atoms with E-state index in [1.54, 1.807) is 0 Å². The van der Waals surface area contributed by atoms with Gasteiger partial charge in [-0.1, -0.05) is 19.3 Å². The van der Waals surface area contributed by atoms with Crippen molar-refractivity contribution < 1.29 is 4.42 Å². The molecule has 1 aromatic heterocycles. The summed E-state index contributed by atoms with van der Waals surface area (Å²) in [4.78, 5) is 0. The number of furan rings is 1. The first-order valence-electron chi connectivity index (χ1n) is 5.33. The number of hydrogen-bond donors (Lipinski definition) is 1. The Morgan fingerprint density at radius 1 is 1.36 bits per heavy atom. The van der Waals surface area contributed by atoms with E-state index in [0.717, 1.165) is 22.3 Å². The van der Waals surface area contributed by atoms with Crippen LogP contribution >= 0.6 is 15.9 Å². The van der Waals surface area contributed by atoms with Crippen LogP contribution in [-0.4, -0.2) is 6.54 Å². The minimum Gasteiger partial charge on any atom is -0.453 e. The van der Waals surface area contributed by atoms with Crippen LogP contribution in [0.1, 0.15) is 31.1 Å². The predicted octanol–water partition coefficient (Wildman–Crippen LogP) is 3.10. The van der Waals surface area contributed by atoms with E-state index in [1.807, 2.05) is 6.07 Å². The first-order valence-corrected chi connectivity index (χ1v) is 6.12. The molecule has 2 fully saturated rings. The summed E-state index contributed by atoms with van der Waals surface area (Å²) >= 11 is 3.35. The first kappa shape index (κ1) is 8.98. The van der Waals surface area contributed by atoms with Gasteiger partial charge >= 0.3 is 0 Å². The molecule has 2 unspecified atom stereocenters. The molecule has 1 saturated heterocycles. The molecule has 0 spiro atoms. The van der Waals surface area contributed by atoms with E-state index in [0.29, 0.717) is 6.04 Å². The molecule has 0 aromatic carbocycles. The molecule has 0 amide bonds. The van der Waals surface area contributed by atoms with Gasteiger partial charge in [0.15, 0.2) is 4.67 Å². The smallest absolute Gasteiger partial charge is 0.169 e. The zero-order valence-electron chi connectivity index (χ0n) is 8.00. The van der Waals surface area contributed by atoms with Gasteiger partial charge in [0.2, 0.25) is 0 Å². The lowest BCUT2D eigenvalue weighted by atomic mass is 9.69. The lowest BCUT2D eigenvalue weighted by molar-refractivity contribution is 0.0812. The second-order valence-electron chi connectivity index (χ2n) is 4.38. The van der Waals surface area contributed by atoms with Crippen LogP contribution in [0.25, 0.3) is 0 Å². The molecular formula is C11H14BrNO. The van der Waals surface area contributed by atoms with Gasteiger partial charge in [-0.2, -0.15) is 0 Å². The molecule has 1 saturated carbocycles. The summed E-state index contributed by atoms with van der Waals surface area (Å²) < 4.78 is 6.43. The normalized spacial score (nSPS) is 32.4. The van der Waals surface area contributed by atoms with Gasteiger partial charge in [0, 0.05) is 6.54 Å². The Hall–Kier alpha value is -0.280. The zero-order valence-corrected chi connectivity index (χ0v) is 9.59. The number of halogens is 1. The van der Waals surface area contributed by atoms with Crippen molar-refractivity contribution in [2.75, 3.05) is 6.54 Å². The van der Waals surface area contributed by atoms with Crippen molar-refractivity contribution in [3.63, 3.8) is 0 Å². The van der Waals surface area contributed by atoms with Crippen LogP contribution in [0.5, 0.6) is 0 Å². The Morgan fingerprint density at radius 3 is 2.64 bits per heavy atom. The summed E-state index contributed by atoms with van der Waals surface area (Å²) in [5.41, 5.74) is 0. The van der Waals surface area contributed by atoms with Crippen molar-refractivity contribution in [1.29, 1.82) is 0 Å². The minimum atomic E-state index is 0.478. The Morgan fingerprint density at radius 2 is 2.21 bits per heavy atom. The van der Waals surface area contributed by atoms with Crippen molar-refractivity contribution in [1.82, 2.24) is 5.32 Å². The third-order valence-corrected chi connectivity index (χ3v) is 4.08. The van der Waals surface area contributed by atoms with Crippen molar-refractivity contribution in [3.8, 4) is 0 Å². The summed E-state index contributed by atoms with van der Waals surface area (Å²) in [7, 11) is 0. The quantitative estimate of drug-likeness (QED) is 0.879. The number of hydrogen-bond acceptors (Lipinski definition) is 2. The molecule has 2 heterocycles. The molecule has 1 aliphatic carbocycles. The van der Waals surface area contributed by atoms with Crippen LogP contribution in [0.3, 0.4) is 0 Å². The summed E-state index contributed by atoms with van der Waals surface area (Å²) in [6.45, 7) is 1.17. The summed E-state index contributed by atoms with van der Waals surface area (Å²) in [5.74, 6) is 2.87. The van der Waals surface area contributed by atoms with Crippen molar-refractivity contribution >= 4 is 15.9 Å². The van der Waals surface area contributed by atoms with Crippen LogP contribution in [0.15, 0.2) is 21.2 Å². The standard InChI is InChI=1S/C11H14BrNO/c12-10-5-4-9(14-10)11-8(6-13-11)7-2-1-3-7/h4-5,7-8,11,13H,1-3,6H2. The van der Waals surface area contributed by atoms with Crippen molar-refractivity contribution in [3.05, 3.63) is 22.6 Å². The van der Waals surface area contributed by atoms with Gasteiger partial charge in [0.05, 0.1) is 6.04 Å². The Labute approximate surface area is 92.2 Å². The molecule has 0 radical (unpaired) electrons. The monoisotopic (exact) mass is 255 g/mol. The van der Waals surface area contributed by atoms with E-state index in [-0.39, 0.29) is 0 Å². The molecule has 1 aromatic rings. The van der Waals surface area contributed by atoms with Crippen LogP contribution in [0.2, 0.25) is 0 Å². The van der Waals surface area contributed by atoms with Crippen LogP contribution in [0, 0.1) is 11.8 Å². The van der Waals surface area contributed by atoms with E-state index in [1.165, 1.54) is 25.8 Å². The number of rotatable bonds is 2. The van der Waals surface area contributed by atoms with E-state index >= 15 is 0 Å². The molecule has 2 atom stereocenters. The average Bonchev–Trinajstić information content (AvgIpc) is 2.41. The molecule has 2 nitrogen and oxygen atoms in total. The third kappa shape index (κ3) is 1.34. The topological polar surface area (TPSA) is 25.2 Å². The molecule has 14 heavy (non-hydrogen) atoms. The summed E-state index contributed by atoms with van der Waals surface area (Å²) in [6, 6.07) is 4.53. The van der Waals surface area contributed by atoms with Gasteiger partial charge in [-0.15, -0.1) is 0 Å². The Bertz CT molecular complexity index is 332. The molecular weight excluding hydrogens is 242 g/mol. The maximum absolute atomic E-state index is 5.59.